The Labute approximate surface area is 157 Å². The lowest BCUT2D eigenvalue weighted by Crippen LogP contribution is -1.98. The van der Waals surface area contributed by atoms with Gasteiger partial charge in [-0.2, -0.15) is 0 Å². The minimum atomic E-state index is -0.771. The summed E-state index contributed by atoms with van der Waals surface area (Å²) in [5.74, 6) is -0.771. The van der Waals surface area contributed by atoms with Gasteiger partial charge < -0.3 is 15.3 Å². The predicted molar refractivity (Wildman–Crippen MR) is 108 cm³/mol. The molecule has 0 aromatic rings. The monoisotopic (exact) mass is 360 g/mol. The van der Waals surface area contributed by atoms with Gasteiger partial charge in [-0.25, -0.2) is 0 Å². The molecule has 0 rings (SSSR count). The van der Waals surface area contributed by atoms with Crippen molar-refractivity contribution in [2.24, 2.45) is 0 Å². The first kappa shape index (κ1) is 23.8. The highest BCUT2D eigenvalue weighted by molar-refractivity contribution is 5.66. The van der Waals surface area contributed by atoms with E-state index in [1.807, 2.05) is 55.5 Å². The van der Waals surface area contributed by atoms with E-state index >= 15 is 0 Å². The van der Waals surface area contributed by atoms with E-state index in [1.165, 1.54) is 0 Å². The normalized spacial score (nSPS) is 15.5. The molecule has 0 heterocycles. The SMILES string of the molecule is CCC(O)C=CC=CC=CC(O)CC=CCC=CCC=CCCC(=O)O. The Bertz CT molecular complexity index is 524. The summed E-state index contributed by atoms with van der Waals surface area (Å²) in [4.78, 5) is 10.3. The summed E-state index contributed by atoms with van der Waals surface area (Å²) in [5.41, 5.74) is 0. The molecule has 0 aliphatic rings. The van der Waals surface area contributed by atoms with Gasteiger partial charge in [0.15, 0.2) is 0 Å². The number of aliphatic hydroxyl groups is 2. The lowest BCUT2D eigenvalue weighted by Gasteiger charge is -1.98. The van der Waals surface area contributed by atoms with Crippen LogP contribution in [0.1, 0.15) is 45.4 Å². The number of aliphatic carboxylic acids is 1. The summed E-state index contributed by atoms with van der Waals surface area (Å²) in [6.07, 6.45) is 25.2. The summed E-state index contributed by atoms with van der Waals surface area (Å²) >= 11 is 0. The van der Waals surface area contributed by atoms with Gasteiger partial charge >= 0.3 is 5.97 Å². The zero-order valence-corrected chi connectivity index (χ0v) is 15.6. The number of hydrogen-bond donors (Lipinski definition) is 3. The van der Waals surface area contributed by atoms with Gasteiger partial charge in [0, 0.05) is 6.42 Å². The van der Waals surface area contributed by atoms with Crippen LogP contribution in [0.5, 0.6) is 0 Å². The number of allylic oxidation sites excluding steroid dienone is 9. The van der Waals surface area contributed by atoms with Crippen LogP contribution in [0.25, 0.3) is 0 Å². The molecule has 0 aliphatic heterocycles. The highest BCUT2D eigenvalue weighted by atomic mass is 16.4. The fourth-order valence-electron chi connectivity index (χ4n) is 1.83. The second kappa shape index (κ2) is 17.6. The van der Waals surface area contributed by atoms with Gasteiger partial charge in [-0.05, 0) is 32.1 Å². The standard InChI is InChI=1S/C22H32O4/c1-2-20(23)16-12-10-11-14-18-21(24)17-13-8-6-4-3-5-7-9-15-19-22(25)26/h3-4,7-14,16,18,20-21,23-24H,2,5-6,15,17,19H2,1H3,(H,25,26). The Morgan fingerprint density at radius 1 is 0.808 bits per heavy atom. The molecule has 0 fully saturated rings. The van der Waals surface area contributed by atoms with Crippen molar-refractivity contribution < 1.29 is 20.1 Å². The van der Waals surface area contributed by atoms with Gasteiger partial charge in [-0.3, -0.25) is 4.79 Å². The van der Waals surface area contributed by atoms with Crippen molar-refractivity contribution in [3.8, 4) is 0 Å². The van der Waals surface area contributed by atoms with Gasteiger partial charge in [0.25, 0.3) is 0 Å². The Morgan fingerprint density at radius 2 is 1.35 bits per heavy atom. The van der Waals surface area contributed by atoms with E-state index in [2.05, 4.69) is 0 Å². The molecule has 4 nitrogen and oxygen atoms in total. The van der Waals surface area contributed by atoms with Crippen molar-refractivity contribution >= 4 is 5.97 Å². The Kier molecular flexibility index (Phi) is 16.2. The number of carbonyl (C=O) groups is 1. The quantitative estimate of drug-likeness (QED) is 0.315. The topological polar surface area (TPSA) is 77.8 Å². The molecule has 0 aromatic carbocycles. The van der Waals surface area contributed by atoms with Crippen molar-refractivity contribution in [3.05, 3.63) is 72.9 Å². The lowest BCUT2D eigenvalue weighted by molar-refractivity contribution is -0.136. The van der Waals surface area contributed by atoms with Crippen LogP contribution in [-0.4, -0.2) is 33.5 Å². The molecule has 0 saturated carbocycles. The zero-order chi connectivity index (χ0) is 19.5. The van der Waals surface area contributed by atoms with E-state index in [0.29, 0.717) is 19.3 Å². The molecule has 0 bridgehead atoms. The molecule has 144 valence electrons. The van der Waals surface area contributed by atoms with Crippen LogP contribution in [0.4, 0.5) is 0 Å². The summed E-state index contributed by atoms with van der Waals surface area (Å²) < 4.78 is 0. The molecule has 0 spiro atoms. The third-order valence-corrected chi connectivity index (χ3v) is 3.36. The number of aliphatic hydroxyl groups excluding tert-OH is 2. The summed E-state index contributed by atoms with van der Waals surface area (Å²) in [6.45, 7) is 1.92. The molecule has 0 saturated heterocycles. The summed E-state index contributed by atoms with van der Waals surface area (Å²) in [5, 5.41) is 27.6. The van der Waals surface area contributed by atoms with Crippen LogP contribution in [0.2, 0.25) is 0 Å². The maximum Gasteiger partial charge on any atom is 0.303 e. The molecular formula is C22H32O4. The van der Waals surface area contributed by atoms with Gasteiger partial charge in [-0.15, -0.1) is 0 Å². The fraction of sp³-hybridized carbons (Fsp3) is 0.409. The first-order valence-corrected chi connectivity index (χ1v) is 9.10. The maximum absolute atomic E-state index is 10.3. The van der Waals surface area contributed by atoms with Gasteiger partial charge in [0.05, 0.1) is 12.2 Å². The van der Waals surface area contributed by atoms with Crippen molar-refractivity contribution in [3.63, 3.8) is 0 Å². The molecule has 26 heavy (non-hydrogen) atoms. The molecule has 2 unspecified atom stereocenters. The second-order valence-electron chi connectivity index (χ2n) is 5.75. The Morgan fingerprint density at radius 3 is 1.92 bits per heavy atom. The molecular weight excluding hydrogens is 328 g/mol. The van der Waals surface area contributed by atoms with Gasteiger partial charge in [0.2, 0.25) is 0 Å². The average molecular weight is 360 g/mol. The number of carboxylic acids is 1. The van der Waals surface area contributed by atoms with Crippen LogP contribution in [0, 0.1) is 0 Å². The van der Waals surface area contributed by atoms with Crippen molar-refractivity contribution in [1.29, 1.82) is 0 Å². The van der Waals surface area contributed by atoms with Crippen LogP contribution in [0.3, 0.4) is 0 Å². The first-order chi connectivity index (χ1) is 12.6. The fourth-order valence-corrected chi connectivity index (χ4v) is 1.83. The molecule has 0 amide bonds. The number of hydrogen-bond acceptors (Lipinski definition) is 3. The molecule has 0 radical (unpaired) electrons. The maximum atomic E-state index is 10.3. The van der Waals surface area contributed by atoms with E-state index in [1.54, 1.807) is 24.3 Å². The zero-order valence-electron chi connectivity index (χ0n) is 15.6. The first-order valence-electron chi connectivity index (χ1n) is 9.10. The molecule has 4 heteroatoms. The Balaban J connectivity index is 3.78. The van der Waals surface area contributed by atoms with Crippen LogP contribution < -0.4 is 0 Å². The smallest absolute Gasteiger partial charge is 0.303 e. The lowest BCUT2D eigenvalue weighted by atomic mass is 10.2. The van der Waals surface area contributed by atoms with E-state index in [4.69, 9.17) is 5.11 Å². The third-order valence-electron chi connectivity index (χ3n) is 3.36. The van der Waals surface area contributed by atoms with Gasteiger partial charge in [-0.1, -0.05) is 79.8 Å². The van der Waals surface area contributed by atoms with Crippen molar-refractivity contribution in [1.82, 2.24) is 0 Å². The molecule has 0 aromatic heterocycles. The second-order valence-corrected chi connectivity index (χ2v) is 5.75. The van der Waals surface area contributed by atoms with E-state index in [-0.39, 0.29) is 6.42 Å². The predicted octanol–water partition coefficient (Wildman–Crippen LogP) is 4.49. The van der Waals surface area contributed by atoms with Crippen LogP contribution in [0.15, 0.2) is 72.9 Å². The van der Waals surface area contributed by atoms with E-state index in [9.17, 15) is 15.0 Å². The van der Waals surface area contributed by atoms with Gasteiger partial charge in [0.1, 0.15) is 0 Å². The molecule has 3 N–H and O–H groups in total. The minimum absolute atomic E-state index is 0.175. The molecule has 0 aliphatic carbocycles. The minimum Gasteiger partial charge on any atom is -0.481 e. The highest BCUT2D eigenvalue weighted by Gasteiger charge is 1.93. The summed E-state index contributed by atoms with van der Waals surface area (Å²) in [6, 6.07) is 0. The summed E-state index contributed by atoms with van der Waals surface area (Å²) in [7, 11) is 0. The number of rotatable bonds is 14. The van der Waals surface area contributed by atoms with E-state index in [0.717, 1.165) is 12.8 Å². The van der Waals surface area contributed by atoms with Crippen LogP contribution in [-0.2, 0) is 4.79 Å². The average Bonchev–Trinajstić information content (AvgIpc) is 2.61. The Hall–Kier alpha value is -2.17. The largest absolute Gasteiger partial charge is 0.481 e. The molecule has 2 atom stereocenters. The third kappa shape index (κ3) is 18.2. The van der Waals surface area contributed by atoms with Crippen molar-refractivity contribution in [2.45, 2.75) is 57.7 Å². The van der Waals surface area contributed by atoms with E-state index < -0.39 is 18.2 Å². The van der Waals surface area contributed by atoms with Crippen LogP contribution >= 0.6 is 0 Å². The van der Waals surface area contributed by atoms with Crippen molar-refractivity contribution in [2.75, 3.05) is 0 Å². The number of carboxylic acid groups (broad SMARTS) is 1. The highest BCUT2D eigenvalue weighted by Crippen LogP contribution is 1.99.